The van der Waals surface area contributed by atoms with Crippen LogP contribution in [0.15, 0.2) is 35.5 Å². The van der Waals surface area contributed by atoms with Crippen LogP contribution in [0.1, 0.15) is 11.1 Å². The molecule has 0 spiro atoms. The predicted octanol–water partition coefficient (Wildman–Crippen LogP) is 1.33. The number of azo groups is 2. The lowest BCUT2D eigenvalue weighted by Crippen LogP contribution is -2.31. The second kappa shape index (κ2) is 5.56. The smallest absolute Gasteiger partial charge is 0.320 e. The summed E-state index contributed by atoms with van der Waals surface area (Å²) >= 11 is 0. The zero-order valence-corrected chi connectivity index (χ0v) is 11.2. The first kappa shape index (κ1) is 13.8. The molecule has 2 rings (SSSR count). The van der Waals surface area contributed by atoms with Crippen LogP contribution in [0.2, 0.25) is 0 Å². The minimum atomic E-state index is -0.551. The number of anilines is 1. The van der Waals surface area contributed by atoms with Crippen molar-refractivity contribution in [2.24, 2.45) is 5.11 Å². The standard InChI is InChI=1S/C14H13N3O3/c1-9-4-3-5-10(2)14(9)15-12(19)8-17-13(20)7-6-11(18)16-17/h3-7H,8H2,1-2H3/p+1. The van der Waals surface area contributed by atoms with Gasteiger partial charge in [0.25, 0.3) is 12.5 Å². The van der Waals surface area contributed by atoms with E-state index in [9.17, 15) is 14.4 Å². The fraction of sp³-hybridized carbons (Fsp3) is 0.214. The average Bonchev–Trinajstić information content (AvgIpc) is 2.38. The van der Waals surface area contributed by atoms with E-state index in [0.717, 1.165) is 28.0 Å². The summed E-state index contributed by atoms with van der Waals surface area (Å²) in [4.78, 5) is 34.5. The number of benzene rings is 1. The maximum absolute atomic E-state index is 11.9. The summed E-state index contributed by atoms with van der Waals surface area (Å²) in [6.45, 7) is 3.47. The largest absolute Gasteiger partial charge is 0.437 e. The molecule has 0 bridgehead atoms. The second-order valence-corrected chi connectivity index (χ2v) is 4.48. The number of amides is 3. The highest BCUT2D eigenvalue weighted by Gasteiger charge is 2.26. The van der Waals surface area contributed by atoms with Crippen molar-refractivity contribution in [3.05, 3.63) is 41.5 Å². The van der Waals surface area contributed by atoms with Crippen molar-refractivity contribution in [2.45, 2.75) is 13.8 Å². The van der Waals surface area contributed by atoms with E-state index in [2.05, 4.69) is 10.4 Å². The lowest BCUT2D eigenvalue weighted by Gasteiger charge is -2.09. The number of nitrogens with zero attached hydrogens (tertiary/aromatic N) is 2. The molecule has 1 N–H and O–H groups in total. The van der Waals surface area contributed by atoms with Crippen LogP contribution in [0.25, 0.3) is 0 Å². The molecule has 0 aromatic heterocycles. The van der Waals surface area contributed by atoms with Crippen LogP contribution >= 0.6 is 0 Å². The Balaban J connectivity index is 2.10. The van der Waals surface area contributed by atoms with E-state index in [0.29, 0.717) is 5.69 Å². The first-order valence-corrected chi connectivity index (χ1v) is 6.08. The van der Waals surface area contributed by atoms with Crippen molar-refractivity contribution in [1.82, 2.24) is 0 Å². The summed E-state index contributed by atoms with van der Waals surface area (Å²) in [6.07, 6.45) is 2.17. The molecule has 0 atom stereocenters. The fourth-order valence-electron chi connectivity index (χ4n) is 1.87. The number of nitrogens with one attached hydrogen (secondary N) is 1. The summed E-state index contributed by atoms with van der Waals surface area (Å²) in [6, 6.07) is 5.66. The Morgan fingerprint density at radius 2 is 1.85 bits per heavy atom. The molecule has 0 saturated heterocycles. The van der Waals surface area contributed by atoms with Crippen molar-refractivity contribution in [3.8, 4) is 0 Å². The first-order chi connectivity index (χ1) is 9.47. The van der Waals surface area contributed by atoms with Crippen molar-refractivity contribution in [1.29, 1.82) is 0 Å². The van der Waals surface area contributed by atoms with Crippen LogP contribution in [0.3, 0.4) is 0 Å². The number of hydrogen-bond acceptors (Lipinski definition) is 3. The van der Waals surface area contributed by atoms with Crippen LogP contribution in [-0.4, -0.2) is 29.0 Å². The molecule has 1 aromatic carbocycles. The Morgan fingerprint density at radius 1 is 1.20 bits per heavy atom. The summed E-state index contributed by atoms with van der Waals surface area (Å²) in [5, 5.41) is 6.22. The number of hydrogen-bond donors (Lipinski definition) is 1. The Bertz CT molecular complexity index is 639. The van der Waals surface area contributed by atoms with Crippen molar-refractivity contribution in [3.63, 3.8) is 0 Å². The quantitative estimate of drug-likeness (QED) is 0.843. The van der Waals surface area contributed by atoms with Gasteiger partial charge < -0.3 is 5.32 Å². The molecule has 1 aliphatic heterocycles. The lowest BCUT2D eigenvalue weighted by molar-refractivity contribution is -0.495. The highest BCUT2D eigenvalue weighted by atomic mass is 16.2. The molecule has 0 saturated carbocycles. The van der Waals surface area contributed by atoms with E-state index in [-0.39, 0.29) is 6.54 Å². The van der Waals surface area contributed by atoms with Gasteiger partial charge in [-0.1, -0.05) is 18.2 Å². The number of carbonyl (C=O) groups excluding carboxylic acids is 3. The maximum Gasteiger partial charge on any atom is 0.437 e. The third kappa shape index (κ3) is 3.03. The molecule has 0 aliphatic carbocycles. The van der Waals surface area contributed by atoms with Gasteiger partial charge in [-0.15, -0.1) is 0 Å². The fourth-order valence-corrected chi connectivity index (χ4v) is 1.87. The number of para-hydroxylation sites is 1. The van der Waals surface area contributed by atoms with E-state index in [1.165, 1.54) is 0 Å². The SMILES string of the molecule is Cc1cccc(C)c1NC(=O)C[N+]1=NC(=O)C=CC1=O. The van der Waals surface area contributed by atoms with E-state index in [4.69, 9.17) is 0 Å². The Labute approximate surface area is 115 Å². The highest BCUT2D eigenvalue weighted by molar-refractivity contribution is 5.98. The van der Waals surface area contributed by atoms with E-state index < -0.39 is 17.7 Å². The second-order valence-electron chi connectivity index (χ2n) is 4.48. The molecule has 1 aromatic rings. The molecular formula is C14H14N3O3+. The number of carbonyl (C=O) groups is 3. The van der Waals surface area contributed by atoms with Gasteiger partial charge in [0.2, 0.25) is 0 Å². The molecule has 3 amide bonds. The summed E-state index contributed by atoms with van der Waals surface area (Å²) < 4.78 is 0.852. The van der Waals surface area contributed by atoms with Gasteiger partial charge in [0.05, 0.1) is 6.08 Å². The molecule has 20 heavy (non-hydrogen) atoms. The summed E-state index contributed by atoms with van der Waals surface area (Å²) in [5.41, 5.74) is 2.57. The summed E-state index contributed by atoms with van der Waals surface area (Å²) in [7, 11) is 0. The van der Waals surface area contributed by atoms with Gasteiger partial charge in [-0.2, -0.15) is 0 Å². The van der Waals surface area contributed by atoms with Gasteiger partial charge in [-0.05, 0) is 29.7 Å². The van der Waals surface area contributed by atoms with Crippen molar-refractivity contribution >= 4 is 23.4 Å². The topological polar surface area (TPSA) is 78.6 Å². The molecule has 6 heteroatoms. The van der Waals surface area contributed by atoms with Crippen LogP contribution < -0.4 is 5.32 Å². The summed E-state index contributed by atoms with van der Waals surface area (Å²) in [5.74, 6) is -1.44. The van der Waals surface area contributed by atoms with Gasteiger partial charge >= 0.3 is 11.8 Å². The van der Waals surface area contributed by atoms with Gasteiger partial charge in [-0.25, -0.2) is 4.79 Å². The van der Waals surface area contributed by atoms with Gasteiger partial charge in [0.15, 0.2) is 0 Å². The molecular weight excluding hydrogens is 258 g/mol. The molecule has 1 aliphatic rings. The minimum absolute atomic E-state index is 0.289. The molecule has 0 unspecified atom stereocenters. The Hall–Kier alpha value is -2.63. The van der Waals surface area contributed by atoms with Crippen molar-refractivity contribution in [2.75, 3.05) is 11.9 Å². The molecule has 0 fully saturated rings. The van der Waals surface area contributed by atoms with Crippen LogP contribution in [0.4, 0.5) is 5.69 Å². The monoisotopic (exact) mass is 272 g/mol. The lowest BCUT2D eigenvalue weighted by atomic mass is 10.1. The van der Waals surface area contributed by atoms with Gasteiger partial charge in [-0.3, -0.25) is 9.59 Å². The zero-order valence-electron chi connectivity index (χ0n) is 11.2. The Morgan fingerprint density at radius 3 is 2.50 bits per heavy atom. The first-order valence-electron chi connectivity index (χ1n) is 6.08. The third-order valence-electron chi connectivity index (χ3n) is 2.88. The van der Waals surface area contributed by atoms with E-state index >= 15 is 0 Å². The van der Waals surface area contributed by atoms with Crippen LogP contribution in [0.5, 0.6) is 0 Å². The van der Waals surface area contributed by atoms with E-state index in [1.807, 2.05) is 32.0 Å². The maximum atomic E-state index is 11.9. The predicted molar refractivity (Wildman–Crippen MR) is 71.3 cm³/mol. The van der Waals surface area contributed by atoms with Crippen molar-refractivity contribution < 1.29 is 19.1 Å². The van der Waals surface area contributed by atoms with E-state index in [1.54, 1.807) is 0 Å². The molecule has 6 nitrogen and oxygen atoms in total. The Kier molecular flexibility index (Phi) is 3.84. The van der Waals surface area contributed by atoms with Gasteiger partial charge in [0.1, 0.15) is 0 Å². The molecule has 102 valence electrons. The normalized spacial score (nSPS) is 14.2. The molecule has 1 heterocycles. The number of rotatable bonds is 3. The van der Waals surface area contributed by atoms with Crippen LogP contribution in [-0.2, 0) is 14.4 Å². The average molecular weight is 272 g/mol. The van der Waals surface area contributed by atoms with Gasteiger partial charge in [0, 0.05) is 16.9 Å². The zero-order chi connectivity index (χ0) is 14.7. The minimum Gasteiger partial charge on any atom is -0.320 e. The number of aryl methyl sites for hydroxylation is 2. The third-order valence-corrected chi connectivity index (χ3v) is 2.88. The highest BCUT2D eigenvalue weighted by Crippen LogP contribution is 2.19. The molecule has 0 radical (unpaired) electrons. The van der Waals surface area contributed by atoms with Crippen LogP contribution in [0, 0.1) is 13.8 Å².